The molecule has 1 atom stereocenters. The molecule has 28 heavy (non-hydrogen) atoms. The van der Waals surface area contributed by atoms with Crippen molar-refractivity contribution in [2.75, 3.05) is 26.2 Å². The van der Waals surface area contributed by atoms with Crippen LogP contribution in [0.3, 0.4) is 0 Å². The van der Waals surface area contributed by atoms with Crippen molar-refractivity contribution in [1.82, 2.24) is 15.1 Å². The number of rotatable bonds is 6. The fourth-order valence-electron chi connectivity index (χ4n) is 3.41. The van der Waals surface area contributed by atoms with Crippen molar-refractivity contribution >= 4 is 17.7 Å². The maximum absolute atomic E-state index is 13.1. The molecule has 0 radical (unpaired) electrons. The summed E-state index contributed by atoms with van der Waals surface area (Å²) >= 11 is 0. The molecule has 6 nitrogen and oxygen atoms in total. The predicted molar refractivity (Wildman–Crippen MR) is 110 cm³/mol. The zero-order valence-corrected chi connectivity index (χ0v) is 17.7. The predicted octanol–water partition coefficient (Wildman–Crippen LogP) is 2.47. The highest BCUT2D eigenvalue weighted by molar-refractivity contribution is 5.98. The van der Waals surface area contributed by atoms with E-state index in [0.717, 1.165) is 5.56 Å². The molecule has 0 spiro atoms. The molecule has 1 fully saturated rings. The van der Waals surface area contributed by atoms with E-state index in [4.69, 9.17) is 0 Å². The molecule has 0 aromatic heterocycles. The van der Waals surface area contributed by atoms with Gasteiger partial charge in [-0.1, -0.05) is 45.9 Å². The van der Waals surface area contributed by atoms with E-state index in [2.05, 4.69) is 5.32 Å². The lowest BCUT2D eigenvalue weighted by atomic mass is 10.0. The van der Waals surface area contributed by atoms with Crippen LogP contribution in [0.1, 0.15) is 50.0 Å². The first-order chi connectivity index (χ1) is 13.2. The van der Waals surface area contributed by atoms with Gasteiger partial charge in [-0.2, -0.15) is 0 Å². The van der Waals surface area contributed by atoms with Crippen molar-refractivity contribution in [1.29, 1.82) is 0 Å². The van der Waals surface area contributed by atoms with Crippen LogP contribution in [0.25, 0.3) is 0 Å². The molecule has 3 amide bonds. The fraction of sp³-hybridized carbons (Fsp3) is 0.591. The maximum Gasteiger partial charge on any atom is 0.252 e. The van der Waals surface area contributed by atoms with E-state index in [9.17, 15) is 14.4 Å². The zero-order chi connectivity index (χ0) is 20.8. The summed E-state index contributed by atoms with van der Waals surface area (Å²) in [5.41, 5.74) is 1.47. The summed E-state index contributed by atoms with van der Waals surface area (Å²) in [6, 6.07) is 6.78. The number of nitrogens with zero attached hydrogens (tertiary/aromatic N) is 2. The molecule has 1 aromatic rings. The summed E-state index contributed by atoms with van der Waals surface area (Å²) in [7, 11) is 0. The van der Waals surface area contributed by atoms with Crippen molar-refractivity contribution in [3.8, 4) is 0 Å². The van der Waals surface area contributed by atoms with Crippen LogP contribution in [0.15, 0.2) is 24.3 Å². The fourth-order valence-corrected chi connectivity index (χ4v) is 3.41. The van der Waals surface area contributed by atoms with Gasteiger partial charge in [0.1, 0.15) is 6.04 Å². The third kappa shape index (κ3) is 5.57. The lowest BCUT2D eigenvalue weighted by Gasteiger charge is -2.37. The highest BCUT2D eigenvalue weighted by atomic mass is 16.2. The summed E-state index contributed by atoms with van der Waals surface area (Å²) in [6.45, 7) is 11.9. The van der Waals surface area contributed by atoms with Gasteiger partial charge in [0.05, 0.1) is 0 Å². The SMILES string of the molecule is Cc1ccccc1C(=O)NC(C(=O)N1CCN(C(=O)CC(C)C)CC1)C(C)C. The number of hydrogen-bond donors (Lipinski definition) is 1. The number of piperazine rings is 1. The van der Waals surface area contributed by atoms with E-state index in [1.54, 1.807) is 11.0 Å². The molecule has 2 rings (SSSR count). The van der Waals surface area contributed by atoms with E-state index in [1.165, 1.54) is 0 Å². The van der Waals surface area contributed by atoms with E-state index in [1.807, 2.05) is 57.7 Å². The lowest BCUT2D eigenvalue weighted by Crippen LogP contribution is -2.57. The molecule has 0 aliphatic carbocycles. The van der Waals surface area contributed by atoms with Crippen molar-refractivity contribution in [2.45, 2.75) is 47.1 Å². The second kappa shape index (κ2) is 9.71. The van der Waals surface area contributed by atoms with Crippen LogP contribution in [0.4, 0.5) is 0 Å². The average Bonchev–Trinajstić information content (AvgIpc) is 2.65. The van der Waals surface area contributed by atoms with Crippen LogP contribution in [0.2, 0.25) is 0 Å². The van der Waals surface area contributed by atoms with Gasteiger partial charge in [0, 0.05) is 38.2 Å². The number of benzene rings is 1. The van der Waals surface area contributed by atoms with Crippen molar-refractivity contribution in [3.05, 3.63) is 35.4 Å². The Hall–Kier alpha value is -2.37. The molecule has 154 valence electrons. The molecule has 1 aliphatic heterocycles. The second-order valence-electron chi connectivity index (χ2n) is 8.31. The largest absolute Gasteiger partial charge is 0.340 e. The molecule has 1 unspecified atom stereocenters. The number of hydrogen-bond acceptors (Lipinski definition) is 3. The lowest BCUT2D eigenvalue weighted by molar-refractivity contribution is -0.141. The van der Waals surface area contributed by atoms with E-state index < -0.39 is 6.04 Å². The molecule has 0 saturated carbocycles. The molecular formula is C22H33N3O3. The Labute approximate surface area is 168 Å². The number of carbonyl (C=O) groups excluding carboxylic acids is 3. The van der Waals surface area contributed by atoms with Crippen LogP contribution >= 0.6 is 0 Å². The quantitative estimate of drug-likeness (QED) is 0.815. The average molecular weight is 388 g/mol. The Morgan fingerprint density at radius 3 is 2.07 bits per heavy atom. The van der Waals surface area contributed by atoms with Crippen LogP contribution in [0, 0.1) is 18.8 Å². The second-order valence-corrected chi connectivity index (χ2v) is 8.31. The molecule has 1 saturated heterocycles. The smallest absolute Gasteiger partial charge is 0.252 e. The van der Waals surface area contributed by atoms with Crippen LogP contribution < -0.4 is 5.32 Å². The van der Waals surface area contributed by atoms with Gasteiger partial charge >= 0.3 is 0 Å². The van der Waals surface area contributed by atoms with Gasteiger partial charge in [0.2, 0.25) is 11.8 Å². The first-order valence-electron chi connectivity index (χ1n) is 10.1. The Balaban J connectivity index is 1.99. The first kappa shape index (κ1) is 21.9. The van der Waals surface area contributed by atoms with Gasteiger partial charge in [-0.3, -0.25) is 14.4 Å². The van der Waals surface area contributed by atoms with Gasteiger partial charge in [0.25, 0.3) is 5.91 Å². The summed E-state index contributed by atoms with van der Waals surface area (Å²) in [5.74, 6) is 0.148. The molecule has 1 heterocycles. The van der Waals surface area contributed by atoms with Gasteiger partial charge < -0.3 is 15.1 Å². The highest BCUT2D eigenvalue weighted by Crippen LogP contribution is 2.14. The Morgan fingerprint density at radius 2 is 1.54 bits per heavy atom. The van der Waals surface area contributed by atoms with E-state index in [-0.39, 0.29) is 23.6 Å². The summed E-state index contributed by atoms with van der Waals surface area (Å²) in [4.78, 5) is 41.6. The third-order valence-corrected chi connectivity index (χ3v) is 5.14. The van der Waals surface area contributed by atoms with Gasteiger partial charge in [-0.15, -0.1) is 0 Å². The van der Waals surface area contributed by atoms with Crippen molar-refractivity contribution in [3.63, 3.8) is 0 Å². The minimum absolute atomic E-state index is 0.0268. The van der Waals surface area contributed by atoms with Crippen molar-refractivity contribution in [2.24, 2.45) is 11.8 Å². The first-order valence-corrected chi connectivity index (χ1v) is 10.1. The van der Waals surface area contributed by atoms with Crippen LogP contribution in [-0.4, -0.2) is 59.7 Å². The maximum atomic E-state index is 13.1. The van der Waals surface area contributed by atoms with Crippen LogP contribution in [0.5, 0.6) is 0 Å². The Morgan fingerprint density at radius 1 is 0.964 bits per heavy atom. The molecule has 0 bridgehead atoms. The monoisotopic (exact) mass is 387 g/mol. The van der Waals surface area contributed by atoms with Gasteiger partial charge in [0.15, 0.2) is 0 Å². The molecular weight excluding hydrogens is 354 g/mol. The number of carbonyl (C=O) groups is 3. The van der Waals surface area contributed by atoms with Gasteiger partial charge in [-0.05, 0) is 30.4 Å². The topological polar surface area (TPSA) is 69.7 Å². The number of amides is 3. The van der Waals surface area contributed by atoms with Crippen molar-refractivity contribution < 1.29 is 14.4 Å². The minimum Gasteiger partial charge on any atom is -0.340 e. The summed E-state index contributed by atoms with van der Waals surface area (Å²) in [6.07, 6.45) is 0.537. The number of nitrogens with one attached hydrogen (secondary N) is 1. The molecule has 1 N–H and O–H groups in total. The molecule has 1 aliphatic rings. The van der Waals surface area contributed by atoms with Gasteiger partial charge in [-0.25, -0.2) is 0 Å². The third-order valence-electron chi connectivity index (χ3n) is 5.14. The minimum atomic E-state index is -0.579. The highest BCUT2D eigenvalue weighted by Gasteiger charge is 2.32. The number of aryl methyl sites for hydroxylation is 1. The molecule has 1 aromatic carbocycles. The Kier molecular flexibility index (Phi) is 7.61. The summed E-state index contributed by atoms with van der Waals surface area (Å²) in [5, 5.41) is 2.92. The standard InChI is InChI=1S/C22H33N3O3/c1-15(2)14-19(26)24-10-12-25(13-11-24)22(28)20(16(3)4)23-21(27)18-9-7-6-8-17(18)5/h6-9,15-16,20H,10-14H2,1-5H3,(H,23,27). The Bertz CT molecular complexity index is 707. The molecule has 6 heteroatoms. The zero-order valence-electron chi connectivity index (χ0n) is 17.7. The summed E-state index contributed by atoms with van der Waals surface area (Å²) < 4.78 is 0. The van der Waals surface area contributed by atoms with Crippen LogP contribution in [-0.2, 0) is 9.59 Å². The normalized spacial score (nSPS) is 15.7. The van der Waals surface area contributed by atoms with E-state index in [0.29, 0.717) is 44.1 Å². The van der Waals surface area contributed by atoms with E-state index >= 15 is 0 Å².